The molecule has 0 radical (unpaired) electrons. The zero-order valence-corrected chi connectivity index (χ0v) is 16.7. The van der Waals surface area contributed by atoms with Gasteiger partial charge in [0.05, 0.1) is 5.69 Å². The quantitative estimate of drug-likeness (QED) is 0.589. The van der Waals surface area contributed by atoms with Crippen molar-refractivity contribution in [1.82, 2.24) is 0 Å². The van der Waals surface area contributed by atoms with E-state index in [0.717, 1.165) is 22.0 Å². The maximum atomic E-state index is 12.7. The third kappa shape index (κ3) is 3.13. The van der Waals surface area contributed by atoms with Gasteiger partial charge in [0.2, 0.25) is 5.91 Å². The number of anilines is 1. The van der Waals surface area contributed by atoms with E-state index in [4.69, 9.17) is 0 Å². The first-order valence-corrected chi connectivity index (χ1v) is 10.2. The molecule has 0 spiro atoms. The molecule has 4 saturated carbocycles. The number of carbonyl (C=O) groups excluding carboxylic acids is 1. The summed E-state index contributed by atoms with van der Waals surface area (Å²) in [5, 5.41) is 3.12. The SMILES string of the molecule is Cc1ccc(NC(=O)CC23C[C@H]4C[C@@H](CC(Br)(C4)C2)C3)c(Br)c1. The highest BCUT2D eigenvalue weighted by Gasteiger charge is 2.57. The van der Waals surface area contributed by atoms with Crippen LogP contribution in [0.3, 0.4) is 0 Å². The van der Waals surface area contributed by atoms with E-state index in [1.54, 1.807) is 0 Å². The Morgan fingerprint density at radius 3 is 2.57 bits per heavy atom. The van der Waals surface area contributed by atoms with E-state index < -0.39 is 0 Å². The van der Waals surface area contributed by atoms with Crippen molar-refractivity contribution in [2.75, 3.05) is 5.32 Å². The Morgan fingerprint density at radius 1 is 1.26 bits per heavy atom. The van der Waals surface area contributed by atoms with Crippen LogP contribution in [0, 0.1) is 24.2 Å². The lowest BCUT2D eigenvalue weighted by Gasteiger charge is -2.60. The van der Waals surface area contributed by atoms with Crippen molar-refractivity contribution in [3.05, 3.63) is 28.2 Å². The van der Waals surface area contributed by atoms with Crippen LogP contribution in [0.1, 0.15) is 50.5 Å². The number of benzene rings is 1. The molecule has 124 valence electrons. The van der Waals surface area contributed by atoms with Crippen LogP contribution < -0.4 is 5.32 Å². The summed E-state index contributed by atoms with van der Waals surface area (Å²) in [5.41, 5.74) is 2.31. The number of aryl methyl sites for hydroxylation is 1. The minimum Gasteiger partial charge on any atom is -0.325 e. The smallest absolute Gasteiger partial charge is 0.224 e. The first-order chi connectivity index (χ1) is 10.8. The van der Waals surface area contributed by atoms with E-state index in [9.17, 15) is 4.79 Å². The fourth-order valence-corrected chi connectivity index (χ4v) is 7.90. The van der Waals surface area contributed by atoms with Crippen LogP contribution in [0.15, 0.2) is 22.7 Å². The first-order valence-electron chi connectivity index (χ1n) is 8.60. The number of halogens is 2. The average molecular weight is 441 g/mol. The van der Waals surface area contributed by atoms with Crippen LogP contribution in [-0.4, -0.2) is 10.2 Å². The summed E-state index contributed by atoms with van der Waals surface area (Å²) < 4.78 is 1.29. The second kappa shape index (κ2) is 5.59. The minimum absolute atomic E-state index is 0.174. The average Bonchev–Trinajstić information content (AvgIpc) is 2.38. The zero-order chi connectivity index (χ0) is 16.2. The van der Waals surface area contributed by atoms with Crippen LogP contribution in [0.2, 0.25) is 0 Å². The van der Waals surface area contributed by atoms with Crippen molar-refractivity contribution in [3.8, 4) is 0 Å². The lowest BCUT2D eigenvalue weighted by molar-refractivity contribution is -0.123. The highest BCUT2D eigenvalue weighted by atomic mass is 79.9. The Labute approximate surface area is 155 Å². The van der Waals surface area contributed by atoms with Crippen LogP contribution in [0.4, 0.5) is 5.69 Å². The fraction of sp³-hybridized carbons (Fsp3) is 0.632. The number of amides is 1. The zero-order valence-electron chi connectivity index (χ0n) is 13.5. The van der Waals surface area contributed by atoms with Gasteiger partial charge in [0.25, 0.3) is 0 Å². The molecule has 1 N–H and O–H groups in total. The number of hydrogen-bond acceptors (Lipinski definition) is 1. The standard InChI is InChI=1S/C19H23Br2NO/c1-12-2-3-16(15(20)4-12)22-17(23)10-18-6-13-5-14(7-18)9-19(21,8-13)11-18/h2-4,13-14H,5-11H2,1H3,(H,22,23)/t13-,14-,18?,19?/m1/s1. The summed E-state index contributed by atoms with van der Waals surface area (Å²) in [4.78, 5) is 12.7. The Kier molecular flexibility index (Phi) is 3.92. The molecule has 4 fully saturated rings. The van der Waals surface area contributed by atoms with Gasteiger partial charge in [-0.1, -0.05) is 22.0 Å². The van der Waals surface area contributed by atoms with Crippen LogP contribution >= 0.6 is 31.9 Å². The van der Waals surface area contributed by atoms with Crippen LogP contribution in [0.5, 0.6) is 0 Å². The highest BCUT2D eigenvalue weighted by Crippen LogP contribution is 2.65. The van der Waals surface area contributed by atoms with Crippen molar-refractivity contribution in [3.63, 3.8) is 0 Å². The van der Waals surface area contributed by atoms with Gasteiger partial charge in [-0.2, -0.15) is 0 Å². The van der Waals surface area contributed by atoms with Crippen molar-refractivity contribution in [2.24, 2.45) is 17.3 Å². The monoisotopic (exact) mass is 439 g/mol. The molecule has 4 bridgehead atoms. The fourth-order valence-electron chi connectivity index (χ4n) is 5.80. The molecule has 1 amide bonds. The number of nitrogens with one attached hydrogen (secondary N) is 1. The molecule has 1 aromatic carbocycles. The van der Waals surface area contributed by atoms with Gasteiger partial charge in [0.15, 0.2) is 0 Å². The van der Waals surface area contributed by atoms with E-state index in [2.05, 4.69) is 44.1 Å². The molecule has 0 unspecified atom stereocenters. The lowest BCUT2D eigenvalue weighted by atomic mass is 9.48. The van der Waals surface area contributed by atoms with Crippen LogP contribution in [-0.2, 0) is 4.79 Å². The summed E-state index contributed by atoms with van der Waals surface area (Å²) in [7, 11) is 0. The second-order valence-corrected chi connectivity index (χ2v) is 10.9. The molecule has 5 rings (SSSR count). The van der Waals surface area contributed by atoms with E-state index in [0.29, 0.717) is 10.7 Å². The van der Waals surface area contributed by atoms with E-state index in [1.165, 1.54) is 44.1 Å². The first kappa shape index (κ1) is 16.1. The third-order valence-corrected chi connectivity index (χ3v) is 7.63. The second-order valence-electron chi connectivity index (χ2n) is 8.32. The molecule has 0 aromatic heterocycles. The summed E-state index contributed by atoms with van der Waals surface area (Å²) in [5.74, 6) is 1.83. The molecule has 0 aliphatic heterocycles. The molecular weight excluding hydrogens is 418 g/mol. The van der Waals surface area contributed by atoms with Crippen molar-refractivity contribution in [2.45, 2.75) is 56.2 Å². The van der Waals surface area contributed by atoms with Gasteiger partial charge >= 0.3 is 0 Å². The van der Waals surface area contributed by atoms with E-state index >= 15 is 0 Å². The van der Waals surface area contributed by atoms with Gasteiger partial charge in [-0.3, -0.25) is 4.79 Å². The topological polar surface area (TPSA) is 29.1 Å². The van der Waals surface area contributed by atoms with Gasteiger partial charge in [0.1, 0.15) is 0 Å². The van der Waals surface area contributed by atoms with Gasteiger partial charge in [0, 0.05) is 15.2 Å². The normalized spacial score (nSPS) is 37.9. The Morgan fingerprint density at radius 2 is 1.96 bits per heavy atom. The highest BCUT2D eigenvalue weighted by molar-refractivity contribution is 9.10. The molecule has 23 heavy (non-hydrogen) atoms. The molecule has 4 aliphatic carbocycles. The molecule has 0 heterocycles. The minimum atomic E-state index is 0.174. The third-order valence-electron chi connectivity index (χ3n) is 6.05. The molecule has 4 heteroatoms. The largest absolute Gasteiger partial charge is 0.325 e. The summed E-state index contributed by atoms with van der Waals surface area (Å²) in [6.07, 6.45) is 8.37. The van der Waals surface area contributed by atoms with Gasteiger partial charge in [-0.25, -0.2) is 0 Å². The number of rotatable bonds is 3. The number of carbonyl (C=O) groups is 1. The molecule has 1 aromatic rings. The maximum absolute atomic E-state index is 12.7. The molecule has 2 nitrogen and oxygen atoms in total. The van der Waals surface area contributed by atoms with Crippen molar-refractivity contribution in [1.29, 1.82) is 0 Å². The molecule has 4 aliphatic rings. The lowest BCUT2D eigenvalue weighted by Crippen LogP contribution is -2.53. The summed E-state index contributed by atoms with van der Waals surface area (Å²) in [6.45, 7) is 2.06. The van der Waals surface area contributed by atoms with Gasteiger partial charge < -0.3 is 5.32 Å². The van der Waals surface area contributed by atoms with E-state index in [1.807, 2.05) is 18.2 Å². The Hall–Kier alpha value is -0.350. The molecular formula is C19H23Br2NO. The molecule has 0 saturated heterocycles. The molecule has 2 atom stereocenters. The van der Waals surface area contributed by atoms with Crippen molar-refractivity contribution >= 4 is 43.5 Å². The summed E-state index contributed by atoms with van der Waals surface area (Å²) in [6, 6.07) is 6.08. The number of hydrogen-bond donors (Lipinski definition) is 1. The van der Waals surface area contributed by atoms with Gasteiger partial charge in [-0.15, -0.1) is 0 Å². The van der Waals surface area contributed by atoms with Gasteiger partial charge in [-0.05, 0) is 96.3 Å². The summed E-state index contributed by atoms with van der Waals surface area (Å²) >= 11 is 7.58. The predicted octanol–water partition coefficient (Wildman–Crippen LogP) is 5.82. The maximum Gasteiger partial charge on any atom is 0.224 e. The van der Waals surface area contributed by atoms with Crippen LogP contribution in [0.25, 0.3) is 0 Å². The number of alkyl halides is 1. The Balaban J connectivity index is 1.48. The van der Waals surface area contributed by atoms with Crippen molar-refractivity contribution < 1.29 is 4.79 Å². The van der Waals surface area contributed by atoms with E-state index in [-0.39, 0.29) is 11.3 Å². The predicted molar refractivity (Wildman–Crippen MR) is 101 cm³/mol. The Bertz CT molecular complexity index is 643.